The average Bonchev–Trinajstić information content (AvgIpc) is 2.87. The van der Waals surface area contributed by atoms with Crippen LogP contribution in [0.5, 0.6) is 5.75 Å². The summed E-state index contributed by atoms with van der Waals surface area (Å²) in [6.45, 7) is 7.29. The van der Waals surface area contributed by atoms with E-state index in [9.17, 15) is 0 Å². The molecule has 35 heavy (non-hydrogen) atoms. The van der Waals surface area contributed by atoms with Crippen molar-refractivity contribution in [2.75, 3.05) is 13.9 Å². The summed E-state index contributed by atoms with van der Waals surface area (Å²) in [7, 11) is 2.17. The number of methoxy groups -OCH3 is 1. The molecule has 0 heterocycles. The van der Waals surface area contributed by atoms with E-state index >= 15 is 0 Å². The Hall–Kier alpha value is -2.97. The highest BCUT2D eigenvalue weighted by Crippen LogP contribution is 2.25. The van der Waals surface area contributed by atoms with Crippen molar-refractivity contribution in [3.8, 4) is 5.75 Å². The molecule has 4 rings (SSSR count). The minimum Gasteiger partial charge on any atom is -0.467 e. The molecule has 0 saturated carbocycles. The van der Waals surface area contributed by atoms with Crippen LogP contribution in [0.4, 0.5) is 0 Å². The van der Waals surface area contributed by atoms with E-state index < -0.39 is 0 Å². The van der Waals surface area contributed by atoms with E-state index in [4.69, 9.17) is 9.47 Å². The van der Waals surface area contributed by atoms with Crippen LogP contribution < -0.4 is 15.3 Å². The molecular weight excluding hydrogens is 449 g/mol. The van der Waals surface area contributed by atoms with Gasteiger partial charge in [0, 0.05) is 32.0 Å². The first-order valence-corrected chi connectivity index (χ1v) is 13.0. The van der Waals surface area contributed by atoms with Gasteiger partial charge in [0.25, 0.3) is 0 Å². The maximum absolute atomic E-state index is 5.91. The molecule has 0 radical (unpaired) electrons. The Morgan fingerprint density at radius 3 is 2.00 bits per heavy atom. The van der Waals surface area contributed by atoms with Crippen LogP contribution in [-0.4, -0.2) is 18.8 Å². The summed E-state index contributed by atoms with van der Waals surface area (Å²) < 4.78 is 11.1. The zero-order valence-corrected chi connectivity index (χ0v) is 21.8. The lowest BCUT2D eigenvalue weighted by molar-refractivity contribution is 0.0519. The van der Waals surface area contributed by atoms with Gasteiger partial charge < -0.3 is 9.47 Å². The van der Waals surface area contributed by atoms with Gasteiger partial charge in [0.1, 0.15) is 5.75 Å². The van der Waals surface area contributed by atoms with Crippen molar-refractivity contribution >= 4 is 19.2 Å². The van der Waals surface area contributed by atoms with E-state index in [0.29, 0.717) is 8.58 Å². The number of hydrogen-bond donors (Lipinski definition) is 0. The van der Waals surface area contributed by atoms with E-state index in [1.54, 1.807) is 7.11 Å². The lowest BCUT2D eigenvalue weighted by Crippen LogP contribution is -2.26. The number of benzene rings is 4. The molecule has 4 aromatic rings. The third kappa shape index (κ3) is 7.26. The van der Waals surface area contributed by atoms with Gasteiger partial charge in [-0.2, -0.15) is 0 Å². The molecule has 1 atom stereocenters. The van der Waals surface area contributed by atoms with Gasteiger partial charge in [0.2, 0.25) is 0 Å². The van der Waals surface area contributed by atoms with Gasteiger partial charge in [-0.15, -0.1) is 0 Å². The lowest BCUT2D eigenvalue weighted by atomic mass is 10.1. The smallest absolute Gasteiger partial charge is 0.188 e. The molecule has 180 valence electrons. The third-order valence-corrected chi connectivity index (χ3v) is 7.60. The zero-order chi connectivity index (χ0) is 24.5. The van der Waals surface area contributed by atoms with Crippen LogP contribution in [0.25, 0.3) is 0 Å². The third-order valence-electron chi connectivity index (χ3n) is 5.98. The molecule has 0 aromatic heterocycles. The van der Waals surface area contributed by atoms with Gasteiger partial charge >= 0.3 is 0 Å². The van der Waals surface area contributed by atoms with E-state index in [0.717, 1.165) is 25.4 Å². The Bertz CT molecular complexity index is 1170. The van der Waals surface area contributed by atoms with Crippen molar-refractivity contribution in [1.82, 2.24) is 4.90 Å². The van der Waals surface area contributed by atoms with Crippen molar-refractivity contribution in [2.24, 2.45) is 0 Å². The van der Waals surface area contributed by atoms with Crippen molar-refractivity contribution in [2.45, 2.75) is 33.5 Å². The molecule has 0 bridgehead atoms. The van der Waals surface area contributed by atoms with Gasteiger partial charge in [-0.1, -0.05) is 99.1 Å². The van der Waals surface area contributed by atoms with Gasteiger partial charge in [0.05, 0.1) is 0 Å². The second-order valence-corrected chi connectivity index (χ2v) is 10.2. The van der Waals surface area contributed by atoms with Crippen LogP contribution in [0.15, 0.2) is 97.1 Å². The molecular formula is C31H34NO2P. The molecule has 0 aliphatic carbocycles. The predicted octanol–water partition coefficient (Wildman–Crippen LogP) is 6.12. The van der Waals surface area contributed by atoms with E-state index in [-0.39, 0.29) is 6.79 Å². The SMILES string of the molecule is COCOc1ccc(C)cc1Pc1c(C)cccc1CN(Cc1ccccc1)Cc1ccccc1. The van der Waals surface area contributed by atoms with E-state index in [1.165, 1.54) is 38.4 Å². The highest BCUT2D eigenvalue weighted by molar-refractivity contribution is 7.56. The molecule has 0 amide bonds. The maximum Gasteiger partial charge on any atom is 0.188 e. The van der Waals surface area contributed by atoms with Crippen LogP contribution >= 0.6 is 8.58 Å². The van der Waals surface area contributed by atoms with E-state index in [1.807, 2.05) is 0 Å². The molecule has 3 nitrogen and oxygen atoms in total. The Labute approximate surface area is 211 Å². The Morgan fingerprint density at radius 2 is 1.37 bits per heavy atom. The largest absolute Gasteiger partial charge is 0.467 e. The molecule has 0 spiro atoms. The van der Waals surface area contributed by atoms with Crippen molar-refractivity contribution in [3.63, 3.8) is 0 Å². The minimum absolute atomic E-state index is 0.253. The fourth-order valence-corrected chi connectivity index (χ4v) is 5.71. The average molecular weight is 484 g/mol. The summed E-state index contributed by atoms with van der Waals surface area (Å²) in [4.78, 5) is 2.53. The molecule has 4 heteroatoms. The quantitative estimate of drug-likeness (QED) is 0.190. The number of hydrogen-bond acceptors (Lipinski definition) is 3. The summed E-state index contributed by atoms with van der Waals surface area (Å²) in [5, 5.41) is 2.61. The van der Waals surface area contributed by atoms with Crippen LogP contribution in [0.2, 0.25) is 0 Å². The number of nitrogens with zero attached hydrogens (tertiary/aromatic N) is 1. The molecule has 0 fully saturated rings. The molecule has 0 saturated heterocycles. The van der Waals surface area contributed by atoms with Crippen LogP contribution in [0.1, 0.15) is 27.8 Å². The molecule has 0 N–H and O–H groups in total. The first-order chi connectivity index (χ1) is 17.1. The number of rotatable bonds is 11. The van der Waals surface area contributed by atoms with Gasteiger partial charge in [-0.25, -0.2) is 0 Å². The van der Waals surface area contributed by atoms with Crippen molar-refractivity contribution < 1.29 is 9.47 Å². The number of ether oxygens (including phenoxy) is 2. The lowest BCUT2D eigenvalue weighted by Gasteiger charge is -2.25. The Kier molecular flexibility index (Phi) is 9.08. The predicted molar refractivity (Wildman–Crippen MR) is 148 cm³/mol. The van der Waals surface area contributed by atoms with E-state index in [2.05, 4.69) is 116 Å². The number of aryl methyl sites for hydroxylation is 2. The van der Waals surface area contributed by atoms with Crippen molar-refractivity contribution in [3.05, 3.63) is 125 Å². The summed E-state index contributed by atoms with van der Waals surface area (Å²) in [6.07, 6.45) is 0. The normalized spacial score (nSPS) is 11.4. The summed E-state index contributed by atoms with van der Waals surface area (Å²) >= 11 is 0. The highest BCUT2D eigenvalue weighted by Gasteiger charge is 2.15. The standard InChI is InChI=1S/C31H34NO2P/c1-24-17-18-29(34-23-33-3)30(19-24)35-31-25(2)11-10-16-28(31)22-32(20-26-12-6-4-7-13-26)21-27-14-8-5-9-15-27/h4-19,35H,20-23H2,1-3H3. The Balaban J connectivity index is 1.63. The summed E-state index contributed by atoms with van der Waals surface area (Å²) in [5.41, 5.74) is 6.58. The first-order valence-electron chi connectivity index (χ1n) is 12.0. The van der Waals surface area contributed by atoms with Crippen LogP contribution in [-0.2, 0) is 24.4 Å². The zero-order valence-electron chi connectivity index (χ0n) is 20.8. The van der Waals surface area contributed by atoms with Crippen LogP contribution in [0, 0.1) is 13.8 Å². The molecule has 0 aliphatic rings. The van der Waals surface area contributed by atoms with Crippen molar-refractivity contribution in [1.29, 1.82) is 0 Å². The topological polar surface area (TPSA) is 21.7 Å². The second-order valence-electron chi connectivity index (χ2n) is 8.90. The van der Waals surface area contributed by atoms with Crippen LogP contribution in [0.3, 0.4) is 0 Å². The van der Waals surface area contributed by atoms with Gasteiger partial charge in [0.15, 0.2) is 6.79 Å². The minimum atomic E-state index is 0.253. The molecule has 4 aromatic carbocycles. The highest BCUT2D eigenvalue weighted by atomic mass is 31.1. The summed E-state index contributed by atoms with van der Waals surface area (Å²) in [5.74, 6) is 0.899. The second kappa shape index (κ2) is 12.7. The fourth-order valence-electron chi connectivity index (χ4n) is 4.26. The van der Waals surface area contributed by atoms with Gasteiger partial charge in [-0.05, 0) is 53.5 Å². The first kappa shape index (κ1) is 25.1. The fraction of sp³-hybridized carbons (Fsp3) is 0.226. The Morgan fingerprint density at radius 1 is 0.714 bits per heavy atom. The van der Waals surface area contributed by atoms with Gasteiger partial charge in [-0.3, -0.25) is 4.90 Å². The maximum atomic E-state index is 5.91. The molecule has 0 aliphatic heterocycles. The summed E-state index contributed by atoms with van der Waals surface area (Å²) in [6, 6.07) is 34.6. The molecule has 1 unspecified atom stereocenters. The monoisotopic (exact) mass is 483 g/mol.